The van der Waals surface area contributed by atoms with E-state index in [-0.39, 0.29) is 4.21 Å². The van der Waals surface area contributed by atoms with Crippen molar-refractivity contribution in [2.45, 2.75) is 11.1 Å². The molecule has 0 saturated heterocycles. The fourth-order valence-electron chi connectivity index (χ4n) is 0.628. The Kier molecular flexibility index (Phi) is 3.09. The van der Waals surface area contributed by atoms with Crippen molar-refractivity contribution in [3.05, 3.63) is 15.9 Å². The molecule has 0 aliphatic rings. The fourth-order valence-corrected chi connectivity index (χ4v) is 3.47. The lowest BCUT2D eigenvalue weighted by atomic mass is 10.7. The van der Waals surface area contributed by atoms with Gasteiger partial charge in [0.2, 0.25) is 0 Å². The zero-order valence-electron chi connectivity index (χ0n) is 6.48. The maximum absolute atomic E-state index is 11.2. The maximum Gasteiger partial charge on any atom is 0.351 e. The molecule has 13 heavy (non-hydrogen) atoms. The van der Waals surface area contributed by atoms with Gasteiger partial charge in [-0.25, -0.2) is 0 Å². The van der Waals surface area contributed by atoms with E-state index in [0.29, 0.717) is 3.79 Å². The first-order valence-corrected chi connectivity index (χ1v) is 6.14. The van der Waals surface area contributed by atoms with Crippen molar-refractivity contribution in [2.75, 3.05) is 0 Å². The maximum atomic E-state index is 11.2. The molecule has 0 aromatic carbocycles. The van der Waals surface area contributed by atoms with Gasteiger partial charge in [0.05, 0.1) is 3.79 Å². The molecule has 72 valence electrons. The van der Waals surface area contributed by atoms with Crippen LogP contribution in [0.5, 0.6) is 0 Å². The lowest BCUT2D eigenvalue weighted by Gasteiger charge is -1.98. The van der Waals surface area contributed by atoms with Crippen molar-refractivity contribution >= 4 is 43.4 Å². The van der Waals surface area contributed by atoms with Crippen LogP contribution in [-0.2, 0) is 19.1 Å². The molecule has 0 radical (unpaired) electrons. The first-order valence-electron chi connectivity index (χ1n) is 3.12. The van der Waals surface area contributed by atoms with Gasteiger partial charge in [-0.2, -0.15) is 8.42 Å². The number of thiophene rings is 1. The van der Waals surface area contributed by atoms with E-state index in [9.17, 15) is 13.2 Å². The summed E-state index contributed by atoms with van der Waals surface area (Å²) in [6, 6.07) is 2.94. The molecule has 0 unspecified atom stereocenters. The summed E-state index contributed by atoms with van der Waals surface area (Å²) in [5.41, 5.74) is 0. The van der Waals surface area contributed by atoms with Gasteiger partial charge < -0.3 is 4.18 Å². The van der Waals surface area contributed by atoms with Gasteiger partial charge in [0.1, 0.15) is 0 Å². The van der Waals surface area contributed by atoms with Crippen LogP contribution in [0.1, 0.15) is 6.92 Å². The summed E-state index contributed by atoms with van der Waals surface area (Å²) in [5, 5.41) is 0. The Morgan fingerprint density at radius 1 is 1.54 bits per heavy atom. The second-order valence-electron chi connectivity index (χ2n) is 2.09. The minimum Gasteiger partial charge on any atom is -0.342 e. The number of rotatable bonds is 2. The molecule has 0 fully saturated rings. The van der Waals surface area contributed by atoms with Crippen molar-refractivity contribution < 1.29 is 17.4 Å². The van der Waals surface area contributed by atoms with E-state index in [0.717, 1.165) is 18.3 Å². The molecule has 0 atom stereocenters. The summed E-state index contributed by atoms with van der Waals surface area (Å²) in [7, 11) is -3.90. The highest BCUT2D eigenvalue weighted by atomic mass is 79.9. The van der Waals surface area contributed by atoms with E-state index < -0.39 is 16.1 Å². The molecule has 0 saturated carbocycles. The Morgan fingerprint density at radius 2 is 2.15 bits per heavy atom. The van der Waals surface area contributed by atoms with Crippen LogP contribution in [0.15, 0.2) is 20.1 Å². The Bertz CT molecular complexity index is 420. The van der Waals surface area contributed by atoms with Gasteiger partial charge in [-0.1, -0.05) is 0 Å². The van der Waals surface area contributed by atoms with Crippen LogP contribution < -0.4 is 0 Å². The minimum atomic E-state index is -3.90. The number of hydrogen-bond acceptors (Lipinski definition) is 5. The van der Waals surface area contributed by atoms with E-state index in [1.54, 1.807) is 6.07 Å². The average Bonchev–Trinajstić information content (AvgIpc) is 2.32. The third kappa shape index (κ3) is 2.78. The predicted octanol–water partition coefficient (Wildman–Crippen LogP) is 1.76. The topological polar surface area (TPSA) is 60.4 Å². The smallest absolute Gasteiger partial charge is 0.342 e. The number of carbonyl (C=O) groups is 1. The quantitative estimate of drug-likeness (QED) is 0.777. The molecule has 1 heterocycles. The van der Waals surface area contributed by atoms with E-state index in [2.05, 4.69) is 20.1 Å². The molecule has 0 spiro atoms. The highest BCUT2D eigenvalue weighted by Crippen LogP contribution is 2.27. The van der Waals surface area contributed by atoms with Crippen LogP contribution in [-0.4, -0.2) is 14.4 Å². The lowest BCUT2D eigenvalue weighted by Crippen LogP contribution is -2.08. The molecule has 0 aliphatic heterocycles. The summed E-state index contributed by atoms with van der Waals surface area (Å²) in [5.74, 6) is -0.843. The number of halogens is 1. The first-order chi connectivity index (χ1) is 5.92. The van der Waals surface area contributed by atoms with Crippen LogP contribution in [0, 0.1) is 0 Å². The number of carbonyl (C=O) groups excluding carboxylic acids is 1. The fraction of sp³-hybridized carbons (Fsp3) is 0.167. The van der Waals surface area contributed by atoms with Gasteiger partial charge in [-0.05, 0) is 28.1 Å². The standard InChI is InChI=1S/C6H5BrO4S2/c1-4(8)11-13(9,10)6-3-2-5(7)12-6/h2-3H,1H3. The molecule has 0 N–H and O–H groups in total. The van der Waals surface area contributed by atoms with Gasteiger partial charge in [0.15, 0.2) is 4.21 Å². The van der Waals surface area contributed by atoms with Crippen molar-refractivity contribution in [3.63, 3.8) is 0 Å². The Morgan fingerprint density at radius 3 is 2.54 bits per heavy atom. The second-order valence-corrected chi connectivity index (χ2v) is 6.32. The summed E-state index contributed by atoms with van der Waals surface area (Å²) in [4.78, 5) is 10.4. The zero-order chi connectivity index (χ0) is 10.1. The van der Waals surface area contributed by atoms with Crippen molar-refractivity contribution in [2.24, 2.45) is 0 Å². The van der Waals surface area contributed by atoms with Gasteiger partial charge in [-0.3, -0.25) is 4.79 Å². The van der Waals surface area contributed by atoms with E-state index in [1.165, 1.54) is 6.07 Å². The highest BCUT2D eigenvalue weighted by molar-refractivity contribution is 9.11. The summed E-state index contributed by atoms with van der Waals surface area (Å²) >= 11 is 4.09. The van der Waals surface area contributed by atoms with Crippen LogP contribution in [0.25, 0.3) is 0 Å². The highest BCUT2D eigenvalue weighted by Gasteiger charge is 2.19. The van der Waals surface area contributed by atoms with E-state index >= 15 is 0 Å². The van der Waals surface area contributed by atoms with Crippen molar-refractivity contribution in [3.8, 4) is 0 Å². The average molecular weight is 285 g/mol. The third-order valence-electron chi connectivity index (χ3n) is 1.02. The summed E-state index contributed by atoms with van der Waals surface area (Å²) < 4.78 is 27.2. The van der Waals surface area contributed by atoms with Gasteiger partial charge >= 0.3 is 16.1 Å². The molecular formula is C6H5BrO4S2. The molecule has 0 amide bonds. The lowest BCUT2D eigenvalue weighted by molar-refractivity contribution is -0.131. The molecule has 4 nitrogen and oxygen atoms in total. The van der Waals surface area contributed by atoms with E-state index in [4.69, 9.17) is 0 Å². The van der Waals surface area contributed by atoms with Crippen LogP contribution >= 0.6 is 27.3 Å². The van der Waals surface area contributed by atoms with Crippen LogP contribution in [0.3, 0.4) is 0 Å². The van der Waals surface area contributed by atoms with Crippen LogP contribution in [0.2, 0.25) is 0 Å². The normalized spacial score (nSPS) is 11.2. The molecule has 0 bridgehead atoms. The largest absolute Gasteiger partial charge is 0.351 e. The first kappa shape index (κ1) is 10.7. The Labute approximate surface area is 87.8 Å². The van der Waals surface area contributed by atoms with E-state index in [1.807, 2.05) is 0 Å². The predicted molar refractivity (Wildman–Crippen MR) is 51.0 cm³/mol. The Hall–Kier alpha value is -0.400. The second kappa shape index (κ2) is 3.77. The molecular weight excluding hydrogens is 280 g/mol. The van der Waals surface area contributed by atoms with Gasteiger partial charge in [0, 0.05) is 6.92 Å². The molecule has 1 rings (SSSR count). The van der Waals surface area contributed by atoms with Gasteiger partial charge in [0.25, 0.3) is 0 Å². The molecule has 0 aliphatic carbocycles. The van der Waals surface area contributed by atoms with Gasteiger partial charge in [-0.15, -0.1) is 11.3 Å². The number of hydrogen-bond donors (Lipinski definition) is 0. The van der Waals surface area contributed by atoms with Crippen molar-refractivity contribution in [1.82, 2.24) is 0 Å². The zero-order valence-corrected chi connectivity index (χ0v) is 9.70. The molecule has 7 heteroatoms. The molecule has 1 aromatic rings. The third-order valence-corrected chi connectivity index (χ3v) is 4.39. The summed E-state index contributed by atoms with van der Waals surface area (Å²) in [6.07, 6.45) is 0. The minimum absolute atomic E-state index is 0.00887. The molecule has 1 aromatic heterocycles. The summed E-state index contributed by atoms with van der Waals surface area (Å²) in [6.45, 7) is 1.04. The van der Waals surface area contributed by atoms with Crippen LogP contribution in [0.4, 0.5) is 0 Å². The SMILES string of the molecule is CC(=O)OS(=O)(=O)c1ccc(Br)s1. The van der Waals surface area contributed by atoms with Crippen molar-refractivity contribution in [1.29, 1.82) is 0 Å². The Balaban J connectivity index is 3.01. The monoisotopic (exact) mass is 284 g/mol.